The minimum absolute atomic E-state index is 0.669. The summed E-state index contributed by atoms with van der Waals surface area (Å²) in [5.74, 6) is 0. The summed E-state index contributed by atoms with van der Waals surface area (Å²) in [6.07, 6.45) is 2.60. The van der Waals surface area contributed by atoms with Crippen molar-refractivity contribution in [3.05, 3.63) is 71.8 Å². The van der Waals surface area contributed by atoms with Crippen LogP contribution in [-0.2, 0) is 6.54 Å². The molecule has 144 valence electrons. The average molecular weight is 372 g/mol. The highest BCUT2D eigenvalue weighted by Gasteiger charge is 2.25. The van der Waals surface area contributed by atoms with Gasteiger partial charge in [-0.2, -0.15) is 0 Å². The number of hydrogen-bond acceptors (Lipinski definition) is 3. The highest BCUT2D eigenvalue weighted by molar-refractivity contribution is 5.92. The van der Waals surface area contributed by atoms with Gasteiger partial charge in [-0.05, 0) is 48.2 Å². The standard InChI is InChI=1S/C25H29N3/c1-19-5-4-6-20(15-19)18-27-11-13-28(14-12-27)25-17-22-8-3-2-7-21(22)16-24(25)26-23-9-10-23/h2-8,15-17,23,26H,9-14,18H2,1H3. The number of nitrogens with zero attached hydrogens (tertiary/aromatic N) is 2. The quantitative estimate of drug-likeness (QED) is 0.677. The molecule has 2 fully saturated rings. The lowest BCUT2D eigenvalue weighted by Gasteiger charge is -2.37. The molecule has 0 amide bonds. The van der Waals surface area contributed by atoms with Crippen LogP contribution in [-0.4, -0.2) is 37.1 Å². The number of aryl methyl sites for hydroxylation is 1. The zero-order valence-corrected chi connectivity index (χ0v) is 16.7. The number of piperazine rings is 1. The van der Waals surface area contributed by atoms with E-state index in [-0.39, 0.29) is 0 Å². The van der Waals surface area contributed by atoms with E-state index >= 15 is 0 Å². The first kappa shape index (κ1) is 17.6. The van der Waals surface area contributed by atoms with E-state index in [1.54, 1.807) is 0 Å². The Labute approximate surface area is 168 Å². The Morgan fingerprint density at radius 3 is 2.32 bits per heavy atom. The maximum atomic E-state index is 3.78. The van der Waals surface area contributed by atoms with Crippen molar-refractivity contribution in [1.82, 2.24) is 4.90 Å². The highest BCUT2D eigenvalue weighted by atomic mass is 15.3. The van der Waals surface area contributed by atoms with Gasteiger partial charge in [0.05, 0.1) is 11.4 Å². The number of benzene rings is 3. The van der Waals surface area contributed by atoms with E-state index in [4.69, 9.17) is 0 Å². The van der Waals surface area contributed by atoms with Crippen LogP contribution in [0.3, 0.4) is 0 Å². The number of rotatable bonds is 5. The molecule has 0 spiro atoms. The number of fused-ring (bicyclic) bond motifs is 1. The van der Waals surface area contributed by atoms with Gasteiger partial charge in [-0.15, -0.1) is 0 Å². The van der Waals surface area contributed by atoms with Gasteiger partial charge in [0.2, 0.25) is 0 Å². The first-order chi connectivity index (χ1) is 13.7. The van der Waals surface area contributed by atoms with Crippen molar-refractivity contribution in [3.63, 3.8) is 0 Å². The molecule has 1 aliphatic carbocycles. The van der Waals surface area contributed by atoms with E-state index in [1.807, 2.05) is 0 Å². The predicted molar refractivity (Wildman–Crippen MR) is 119 cm³/mol. The van der Waals surface area contributed by atoms with Crippen LogP contribution >= 0.6 is 0 Å². The van der Waals surface area contributed by atoms with Crippen LogP contribution in [0.15, 0.2) is 60.7 Å². The molecule has 0 radical (unpaired) electrons. The summed E-state index contributed by atoms with van der Waals surface area (Å²) in [7, 11) is 0. The normalized spacial score (nSPS) is 17.8. The second-order valence-corrected chi connectivity index (χ2v) is 8.39. The number of nitrogens with one attached hydrogen (secondary N) is 1. The molecule has 3 aromatic carbocycles. The van der Waals surface area contributed by atoms with Crippen LogP contribution in [0.1, 0.15) is 24.0 Å². The van der Waals surface area contributed by atoms with Gasteiger partial charge in [0, 0.05) is 38.8 Å². The molecular formula is C25H29N3. The smallest absolute Gasteiger partial charge is 0.0609 e. The van der Waals surface area contributed by atoms with E-state index in [0.29, 0.717) is 6.04 Å². The lowest BCUT2D eigenvalue weighted by atomic mass is 10.1. The molecule has 0 bridgehead atoms. The molecule has 28 heavy (non-hydrogen) atoms. The predicted octanol–water partition coefficient (Wildman–Crippen LogP) is 5.04. The zero-order valence-electron chi connectivity index (χ0n) is 16.7. The lowest BCUT2D eigenvalue weighted by Crippen LogP contribution is -2.46. The molecule has 3 heteroatoms. The van der Waals surface area contributed by atoms with Crippen molar-refractivity contribution in [2.75, 3.05) is 36.4 Å². The van der Waals surface area contributed by atoms with Gasteiger partial charge >= 0.3 is 0 Å². The number of anilines is 2. The minimum Gasteiger partial charge on any atom is -0.381 e. The average Bonchev–Trinajstić information content (AvgIpc) is 3.52. The summed E-state index contributed by atoms with van der Waals surface area (Å²) in [6, 6.07) is 23.0. The van der Waals surface area contributed by atoms with Crippen molar-refractivity contribution in [2.24, 2.45) is 0 Å². The topological polar surface area (TPSA) is 18.5 Å². The third-order valence-electron chi connectivity index (χ3n) is 6.00. The largest absolute Gasteiger partial charge is 0.381 e. The fourth-order valence-corrected chi connectivity index (χ4v) is 4.27. The zero-order chi connectivity index (χ0) is 18.9. The second-order valence-electron chi connectivity index (χ2n) is 8.39. The molecule has 5 rings (SSSR count). The Morgan fingerprint density at radius 1 is 0.857 bits per heavy atom. The van der Waals surface area contributed by atoms with Gasteiger partial charge in [-0.1, -0.05) is 54.1 Å². The van der Waals surface area contributed by atoms with Gasteiger partial charge in [0.25, 0.3) is 0 Å². The molecule has 1 saturated carbocycles. The molecule has 0 atom stereocenters. The van der Waals surface area contributed by atoms with Crippen molar-refractivity contribution in [3.8, 4) is 0 Å². The molecule has 3 nitrogen and oxygen atoms in total. The summed E-state index contributed by atoms with van der Waals surface area (Å²) in [6.45, 7) is 7.64. The lowest BCUT2D eigenvalue weighted by molar-refractivity contribution is 0.250. The first-order valence-electron chi connectivity index (χ1n) is 10.6. The molecule has 0 aromatic heterocycles. The molecule has 2 aliphatic rings. The highest BCUT2D eigenvalue weighted by Crippen LogP contribution is 2.35. The molecule has 1 heterocycles. The first-order valence-corrected chi connectivity index (χ1v) is 10.6. The van der Waals surface area contributed by atoms with Gasteiger partial charge in [0.1, 0.15) is 0 Å². The van der Waals surface area contributed by atoms with Crippen LogP contribution < -0.4 is 10.2 Å². The van der Waals surface area contributed by atoms with E-state index in [1.165, 1.54) is 46.1 Å². The van der Waals surface area contributed by atoms with Gasteiger partial charge in [-0.25, -0.2) is 0 Å². The molecule has 1 N–H and O–H groups in total. The Hall–Kier alpha value is -2.52. The van der Waals surface area contributed by atoms with Crippen LogP contribution in [0.4, 0.5) is 11.4 Å². The van der Waals surface area contributed by atoms with Crippen LogP contribution in [0.5, 0.6) is 0 Å². The Bertz CT molecular complexity index is 968. The summed E-state index contributed by atoms with van der Waals surface area (Å²) in [5, 5.41) is 6.44. The van der Waals surface area contributed by atoms with Crippen molar-refractivity contribution < 1.29 is 0 Å². The van der Waals surface area contributed by atoms with Gasteiger partial charge in [-0.3, -0.25) is 4.90 Å². The van der Waals surface area contributed by atoms with Crippen LogP contribution in [0.25, 0.3) is 10.8 Å². The van der Waals surface area contributed by atoms with Crippen LogP contribution in [0, 0.1) is 6.92 Å². The molecule has 3 aromatic rings. The number of hydrogen-bond donors (Lipinski definition) is 1. The van der Waals surface area contributed by atoms with E-state index in [9.17, 15) is 0 Å². The molecular weight excluding hydrogens is 342 g/mol. The van der Waals surface area contributed by atoms with Crippen molar-refractivity contribution in [2.45, 2.75) is 32.4 Å². The van der Waals surface area contributed by atoms with E-state index in [0.717, 1.165) is 32.7 Å². The molecule has 0 unspecified atom stereocenters. The SMILES string of the molecule is Cc1cccc(CN2CCN(c3cc4ccccc4cc3NC3CC3)CC2)c1. The third-order valence-corrected chi connectivity index (χ3v) is 6.00. The molecule has 1 aliphatic heterocycles. The Balaban J connectivity index is 1.33. The van der Waals surface area contributed by atoms with Crippen molar-refractivity contribution in [1.29, 1.82) is 0 Å². The maximum Gasteiger partial charge on any atom is 0.0609 e. The molecule has 1 saturated heterocycles. The summed E-state index contributed by atoms with van der Waals surface area (Å²) >= 11 is 0. The van der Waals surface area contributed by atoms with E-state index < -0.39 is 0 Å². The third kappa shape index (κ3) is 3.85. The summed E-state index contributed by atoms with van der Waals surface area (Å²) in [5.41, 5.74) is 5.47. The van der Waals surface area contributed by atoms with Gasteiger partial charge < -0.3 is 10.2 Å². The summed E-state index contributed by atoms with van der Waals surface area (Å²) in [4.78, 5) is 5.16. The summed E-state index contributed by atoms with van der Waals surface area (Å²) < 4.78 is 0. The minimum atomic E-state index is 0.669. The van der Waals surface area contributed by atoms with E-state index in [2.05, 4.69) is 82.7 Å². The second kappa shape index (κ2) is 7.48. The fraction of sp³-hybridized carbons (Fsp3) is 0.360. The fourth-order valence-electron chi connectivity index (χ4n) is 4.27. The Kier molecular flexibility index (Phi) is 4.69. The van der Waals surface area contributed by atoms with Crippen LogP contribution in [0.2, 0.25) is 0 Å². The Morgan fingerprint density at radius 2 is 1.61 bits per heavy atom. The maximum absolute atomic E-state index is 3.78. The van der Waals surface area contributed by atoms with Gasteiger partial charge in [0.15, 0.2) is 0 Å². The van der Waals surface area contributed by atoms with Crippen molar-refractivity contribution >= 4 is 22.1 Å². The monoisotopic (exact) mass is 371 g/mol.